The number of piperidine rings is 1. The summed E-state index contributed by atoms with van der Waals surface area (Å²) in [6.07, 6.45) is 7.86. The maximum Gasteiger partial charge on any atom is 0.171 e. The van der Waals surface area contributed by atoms with E-state index < -0.39 is 0 Å². The number of nitrogens with zero attached hydrogens (tertiary/aromatic N) is 3. The lowest BCUT2D eigenvalue weighted by Gasteiger charge is -2.36. The second-order valence-electron chi connectivity index (χ2n) is 5.02. The van der Waals surface area contributed by atoms with E-state index in [4.69, 9.17) is 10.9 Å². The summed E-state index contributed by atoms with van der Waals surface area (Å²) in [7, 11) is 0. The Morgan fingerprint density at radius 1 is 1.53 bits per heavy atom. The second kappa shape index (κ2) is 6.41. The van der Waals surface area contributed by atoms with E-state index in [9.17, 15) is 0 Å². The average Bonchev–Trinajstić information content (AvgIpc) is 2.47. The summed E-state index contributed by atoms with van der Waals surface area (Å²) in [6, 6.07) is 4.41. The van der Waals surface area contributed by atoms with Gasteiger partial charge < -0.3 is 15.8 Å². The standard InChI is InChI=1S/C14H22N4O/c1-2-5-12-6-3-4-9-18(12)13-8-7-11(10-16-13)14(15)17-19/h7-8,10,12,19H,2-6,9H2,1H3,(H2,15,17). The smallest absolute Gasteiger partial charge is 0.171 e. The van der Waals surface area contributed by atoms with Gasteiger partial charge in [0.1, 0.15) is 5.82 Å². The molecule has 0 radical (unpaired) electrons. The van der Waals surface area contributed by atoms with Crippen LogP contribution in [0.3, 0.4) is 0 Å². The molecule has 1 aromatic heterocycles. The van der Waals surface area contributed by atoms with Crippen LogP contribution in [-0.2, 0) is 0 Å². The van der Waals surface area contributed by atoms with Crippen molar-refractivity contribution in [3.05, 3.63) is 23.9 Å². The van der Waals surface area contributed by atoms with E-state index in [0.717, 1.165) is 12.4 Å². The van der Waals surface area contributed by atoms with Gasteiger partial charge in [0.25, 0.3) is 0 Å². The highest BCUT2D eigenvalue weighted by atomic mass is 16.4. The zero-order valence-electron chi connectivity index (χ0n) is 11.4. The van der Waals surface area contributed by atoms with Crippen LogP contribution >= 0.6 is 0 Å². The molecule has 0 bridgehead atoms. The first-order valence-electron chi connectivity index (χ1n) is 6.97. The largest absolute Gasteiger partial charge is 0.409 e. The molecular formula is C14H22N4O. The van der Waals surface area contributed by atoms with Gasteiger partial charge in [-0.3, -0.25) is 0 Å². The van der Waals surface area contributed by atoms with Crippen LogP contribution in [0.25, 0.3) is 0 Å². The minimum absolute atomic E-state index is 0.0998. The molecule has 2 heterocycles. The number of rotatable bonds is 4. The van der Waals surface area contributed by atoms with E-state index in [1.54, 1.807) is 6.20 Å². The molecule has 1 aliphatic heterocycles. The summed E-state index contributed by atoms with van der Waals surface area (Å²) < 4.78 is 0. The van der Waals surface area contributed by atoms with E-state index in [1.807, 2.05) is 12.1 Å². The second-order valence-corrected chi connectivity index (χ2v) is 5.02. The molecule has 0 aromatic carbocycles. The number of nitrogens with two attached hydrogens (primary N) is 1. The Morgan fingerprint density at radius 3 is 3.00 bits per heavy atom. The van der Waals surface area contributed by atoms with Crippen LogP contribution in [0.15, 0.2) is 23.5 Å². The van der Waals surface area contributed by atoms with Crippen molar-refractivity contribution in [1.29, 1.82) is 0 Å². The molecule has 0 spiro atoms. The monoisotopic (exact) mass is 262 g/mol. The lowest BCUT2D eigenvalue weighted by molar-refractivity contribution is 0.318. The van der Waals surface area contributed by atoms with Gasteiger partial charge in [0.05, 0.1) is 0 Å². The third-order valence-electron chi connectivity index (χ3n) is 3.69. The summed E-state index contributed by atoms with van der Waals surface area (Å²) in [5.74, 6) is 1.09. The van der Waals surface area contributed by atoms with E-state index >= 15 is 0 Å². The Kier molecular flexibility index (Phi) is 4.60. The molecular weight excluding hydrogens is 240 g/mol. The number of aromatic nitrogens is 1. The maximum absolute atomic E-state index is 8.64. The van der Waals surface area contributed by atoms with Crippen LogP contribution in [0.1, 0.15) is 44.6 Å². The van der Waals surface area contributed by atoms with Gasteiger partial charge in [0, 0.05) is 24.3 Å². The third kappa shape index (κ3) is 3.16. The normalized spacial score (nSPS) is 20.6. The molecule has 0 saturated carbocycles. The molecule has 0 amide bonds. The Balaban J connectivity index is 2.15. The lowest BCUT2D eigenvalue weighted by atomic mass is 9.98. The average molecular weight is 262 g/mol. The highest BCUT2D eigenvalue weighted by molar-refractivity contribution is 5.96. The first-order chi connectivity index (χ1) is 9.26. The van der Waals surface area contributed by atoms with E-state index in [2.05, 4.69) is 22.0 Å². The predicted molar refractivity (Wildman–Crippen MR) is 76.6 cm³/mol. The molecule has 1 fully saturated rings. The van der Waals surface area contributed by atoms with Crippen molar-refractivity contribution in [2.24, 2.45) is 10.9 Å². The molecule has 5 nitrogen and oxygen atoms in total. The first-order valence-corrected chi connectivity index (χ1v) is 6.97. The van der Waals surface area contributed by atoms with E-state index in [0.29, 0.717) is 11.6 Å². The number of oxime groups is 1. The number of pyridine rings is 1. The summed E-state index contributed by atoms with van der Waals surface area (Å²) in [4.78, 5) is 6.85. The van der Waals surface area contributed by atoms with Crippen molar-refractivity contribution in [3.63, 3.8) is 0 Å². The Bertz CT molecular complexity index is 428. The van der Waals surface area contributed by atoms with Gasteiger partial charge in [0.2, 0.25) is 0 Å². The highest BCUT2D eigenvalue weighted by Gasteiger charge is 2.22. The zero-order chi connectivity index (χ0) is 13.7. The van der Waals surface area contributed by atoms with Gasteiger partial charge >= 0.3 is 0 Å². The molecule has 1 saturated heterocycles. The number of anilines is 1. The van der Waals surface area contributed by atoms with Crippen LogP contribution in [0, 0.1) is 0 Å². The zero-order valence-corrected chi connectivity index (χ0v) is 11.4. The van der Waals surface area contributed by atoms with Gasteiger partial charge in [0.15, 0.2) is 5.84 Å². The van der Waals surface area contributed by atoms with Crippen molar-refractivity contribution < 1.29 is 5.21 Å². The summed E-state index contributed by atoms with van der Waals surface area (Å²) >= 11 is 0. The van der Waals surface area contributed by atoms with Crippen molar-refractivity contribution in [2.45, 2.75) is 45.1 Å². The van der Waals surface area contributed by atoms with Crippen LogP contribution in [0.2, 0.25) is 0 Å². The Labute approximate surface area is 114 Å². The molecule has 3 N–H and O–H groups in total. The van der Waals surface area contributed by atoms with E-state index in [-0.39, 0.29) is 5.84 Å². The van der Waals surface area contributed by atoms with Gasteiger partial charge in [-0.1, -0.05) is 18.5 Å². The van der Waals surface area contributed by atoms with Gasteiger partial charge in [-0.25, -0.2) is 4.98 Å². The minimum Gasteiger partial charge on any atom is -0.409 e. The van der Waals surface area contributed by atoms with Crippen LogP contribution in [-0.4, -0.2) is 28.6 Å². The Morgan fingerprint density at radius 2 is 2.37 bits per heavy atom. The summed E-state index contributed by atoms with van der Waals surface area (Å²) in [6.45, 7) is 3.29. The van der Waals surface area contributed by atoms with Gasteiger partial charge in [-0.05, 0) is 37.8 Å². The lowest BCUT2D eigenvalue weighted by Crippen LogP contribution is -2.40. The van der Waals surface area contributed by atoms with Crippen LogP contribution < -0.4 is 10.6 Å². The number of hydrogen-bond acceptors (Lipinski definition) is 4. The SMILES string of the molecule is CCCC1CCCCN1c1ccc(/C(N)=N/O)cn1. The van der Waals surface area contributed by atoms with Gasteiger partial charge in [-0.15, -0.1) is 0 Å². The molecule has 1 aliphatic rings. The van der Waals surface area contributed by atoms with Crippen molar-refractivity contribution in [1.82, 2.24) is 4.98 Å². The fourth-order valence-electron chi connectivity index (χ4n) is 2.70. The van der Waals surface area contributed by atoms with E-state index in [1.165, 1.54) is 32.1 Å². The van der Waals surface area contributed by atoms with Gasteiger partial charge in [-0.2, -0.15) is 0 Å². The molecule has 104 valence electrons. The van der Waals surface area contributed by atoms with Crippen LogP contribution in [0.4, 0.5) is 5.82 Å². The molecule has 1 aromatic rings. The first kappa shape index (κ1) is 13.6. The van der Waals surface area contributed by atoms with Crippen molar-refractivity contribution >= 4 is 11.7 Å². The molecule has 1 atom stereocenters. The molecule has 1 unspecified atom stereocenters. The third-order valence-corrected chi connectivity index (χ3v) is 3.69. The topological polar surface area (TPSA) is 74.7 Å². The fraction of sp³-hybridized carbons (Fsp3) is 0.571. The quantitative estimate of drug-likeness (QED) is 0.378. The highest BCUT2D eigenvalue weighted by Crippen LogP contribution is 2.25. The number of amidine groups is 1. The minimum atomic E-state index is 0.0998. The van der Waals surface area contributed by atoms with Crippen molar-refractivity contribution in [3.8, 4) is 0 Å². The number of hydrogen-bond donors (Lipinski definition) is 2. The Hall–Kier alpha value is -1.78. The van der Waals surface area contributed by atoms with Crippen molar-refractivity contribution in [2.75, 3.05) is 11.4 Å². The molecule has 5 heteroatoms. The van der Waals surface area contributed by atoms with Crippen LogP contribution in [0.5, 0.6) is 0 Å². The molecule has 0 aliphatic carbocycles. The predicted octanol–water partition coefficient (Wildman–Crippen LogP) is 2.34. The molecule has 19 heavy (non-hydrogen) atoms. The maximum atomic E-state index is 8.64. The fourth-order valence-corrected chi connectivity index (χ4v) is 2.70. The summed E-state index contributed by atoms with van der Waals surface area (Å²) in [5, 5.41) is 11.6. The summed E-state index contributed by atoms with van der Waals surface area (Å²) in [5.41, 5.74) is 6.19. The molecule has 2 rings (SSSR count).